The van der Waals surface area contributed by atoms with Gasteiger partial charge in [0.2, 0.25) is 0 Å². The second-order valence-corrected chi connectivity index (χ2v) is 9.23. The first-order valence-corrected chi connectivity index (χ1v) is 12.1. The lowest BCUT2D eigenvalue weighted by Gasteiger charge is -2.36. The first-order valence-electron chi connectivity index (χ1n) is 11.8. The van der Waals surface area contributed by atoms with Gasteiger partial charge >= 0.3 is 5.97 Å². The molecule has 2 aliphatic rings. The summed E-state index contributed by atoms with van der Waals surface area (Å²) >= 11 is 6.05. The lowest BCUT2D eigenvalue weighted by atomic mass is 9.71. The molecule has 0 radical (unpaired) electrons. The number of nitrogens with zero attached hydrogens (tertiary/aromatic N) is 1. The van der Waals surface area contributed by atoms with E-state index in [0.29, 0.717) is 40.5 Å². The zero-order chi connectivity index (χ0) is 26.9. The molecule has 0 saturated heterocycles. The number of nitro benzene ring substituents is 1. The van der Waals surface area contributed by atoms with Crippen molar-refractivity contribution in [2.45, 2.75) is 38.5 Å². The number of Topliss-reactive ketones (excluding diaryl/α,β-unsaturated/α-hetero) is 1. The SMILES string of the molecule is CCOC(=O)C1=C(C)NC2=C(C(=O)CC(c3ccc(OC)c(OC)c3)C2)C1c1ccc(Cl)c([N+](=O)[O-])c1. The van der Waals surface area contributed by atoms with Crippen LogP contribution in [0, 0.1) is 10.1 Å². The molecule has 194 valence electrons. The van der Waals surface area contributed by atoms with Crippen LogP contribution in [0.5, 0.6) is 11.5 Å². The summed E-state index contributed by atoms with van der Waals surface area (Å²) in [4.78, 5) is 37.7. The van der Waals surface area contributed by atoms with E-state index in [4.69, 9.17) is 25.8 Å². The van der Waals surface area contributed by atoms with E-state index in [1.807, 2.05) is 12.1 Å². The monoisotopic (exact) mass is 526 g/mol. The standard InChI is InChI=1S/C27H27ClN2O7/c1-5-37-27(32)24-14(2)29-19-10-17(15-7-9-22(35-3)23(13-15)36-4)12-21(31)26(19)25(24)16-6-8-18(28)20(11-16)30(33)34/h6-9,11,13,17,25,29H,5,10,12H2,1-4H3. The van der Waals surface area contributed by atoms with E-state index in [1.165, 1.54) is 12.1 Å². The molecule has 0 fully saturated rings. The summed E-state index contributed by atoms with van der Waals surface area (Å²) < 4.78 is 16.1. The van der Waals surface area contributed by atoms with E-state index in [1.54, 1.807) is 40.2 Å². The van der Waals surface area contributed by atoms with Crippen molar-refractivity contribution in [1.29, 1.82) is 0 Å². The van der Waals surface area contributed by atoms with Crippen molar-refractivity contribution in [1.82, 2.24) is 5.32 Å². The van der Waals surface area contributed by atoms with Gasteiger partial charge in [-0.25, -0.2) is 4.79 Å². The highest BCUT2D eigenvalue weighted by Gasteiger charge is 2.42. The molecule has 0 aromatic heterocycles. The van der Waals surface area contributed by atoms with Gasteiger partial charge in [0.1, 0.15) is 5.02 Å². The van der Waals surface area contributed by atoms with Crippen molar-refractivity contribution in [3.8, 4) is 11.5 Å². The molecule has 1 aliphatic carbocycles. The van der Waals surface area contributed by atoms with Crippen molar-refractivity contribution in [2.75, 3.05) is 20.8 Å². The zero-order valence-electron chi connectivity index (χ0n) is 20.9. The first-order chi connectivity index (χ1) is 17.7. The minimum absolute atomic E-state index is 0.0289. The second kappa shape index (κ2) is 10.6. The van der Waals surface area contributed by atoms with Gasteiger partial charge in [-0.1, -0.05) is 23.7 Å². The predicted octanol–water partition coefficient (Wildman–Crippen LogP) is 5.19. The highest BCUT2D eigenvalue weighted by atomic mass is 35.5. The number of rotatable bonds is 7. The summed E-state index contributed by atoms with van der Waals surface area (Å²) in [5, 5.41) is 14.8. The Balaban J connectivity index is 1.82. The molecule has 2 aromatic carbocycles. The van der Waals surface area contributed by atoms with Crippen LogP contribution in [-0.2, 0) is 14.3 Å². The summed E-state index contributed by atoms with van der Waals surface area (Å²) in [6.45, 7) is 3.57. The van der Waals surface area contributed by atoms with Crippen molar-refractivity contribution >= 4 is 29.0 Å². The summed E-state index contributed by atoms with van der Waals surface area (Å²) in [6.07, 6.45) is 0.688. The van der Waals surface area contributed by atoms with Gasteiger partial charge in [-0.2, -0.15) is 0 Å². The summed E-state index contributed by atoms with van der Waals surface area (Å²) in [5.74, 6) is -0.565. The highest BCUT2D eigenvalue weighted by molar-refractivity contribution is 6.32. The molecular weight excluding hydrogens is 500 g/mol. The number of esters is 1. The van der Waals surface area contributed by atoms with Crippen LogP contribution in [-0.4, -0.2) is 37.5 Å². The average molecular weight is 527 g/mol. The Kier molecular flexibility index (Phi) is 7.54. The van der Waals surface area contributed by atoms with Crippen LogP contribution in [0.1, 0.15) is 49.7 Å². The van der Waals surface area contributed by atoms with Crippen LogP contribution in [0.15, 0.2) is 58.9 Å². The number of nitrogens with one attached hydrogen (secondary N) is 1. The Labute approximate surface area is 219 Å². The number of carbonyl (C=O) groups excluding carboxylic acids is 2. The minimum Gasteiger partial charge on any atom is -0.493 e. The number of methoxy groups -OCH3 is 2. The van der Waals surface area contributed by atoms with Crippen molar-refractivity contribution in [2.24, 2.45) is 0 Å². The number of dihydropyridines is 1. The van der Waals surface area contributed by atoms with Gasteiger partial charge in [0.15, 0.2) is 17.3 Å². The Morgan fingerprint density at radius 3 is 2.46 bits per heavy atom. The summed E-state index contributed by atoms with van der Waals surface area (Å²) in [5.41, 5.74) is 2.88. The van der Waals surface area contributed by atoms with Crippen LogP contribution < -0.4 is 14.8 Å². The normalized spacial score (nSPS) is 19.2. The average Bonchev–Trinajstić information content (AvgIpc) is 2.87. The molecule has 0 spiro atoms. The molecule has 10 heteroatoms. The van der Waals surface area contributed by atoms with Crippen LogP contribution >= 0.6 is 11.6 Å². The third-order valence-corrected chi connectivity index (χ3v) is 7.02. The number of hydrogen-bond donors (Lipinski definition) is 1. The molecule has 1 aliphatic heterocycles. The quantitative estimate of drug-likeness (QED) is 0.297. The third kappa shape index (κ3) is 4.91. The summed E-state index contributed by atoms with van der Waals surface area (Å²) in [6, 6.07) is 9.91. The van der Waals surface area contributed by atoms with Crippen molar-refractivity contribution < 1.29 is 28.7 Å². The van der Waals surface area contributed by atoms with E-state index in [2.05, 4.69) is 5.32 Å². The molecule has 9 nitrogen and oxygen atoms in total. The van der Waals surface area contributed by atoms with Crippen molar-refractivity contribution in [3.63, 3.8) is 0 Å². The van der Waals surface area contributed by atoms with E-state index in [9.17, 15) is 19.7 Å². The molecule has 2 unspecified atom stereocenters. The maximum atomic E-state index is 13.7. The maximum Gasteiger partial charge on any atom is 0.336 e. The Hall–Kier alpha value is -3.85. The number of hydrogen-bond acceptors (Lipinski definition) is 8. The number of ether oxygens (including phenoxy) is 3. The number of ketones is 1. The zero-order valence-corrected chi connectivity index (χ0v) is 21.7. The molecule has 2 aromatic rings. The fraction of sp³-hybridized carbons (Fsp3) is 0.333. The fourth-order valence-electron chi connectivity index (χ4n) is 5.04. The lowest BCUT2D eigenvalue weighted by Crippen LogP contribution is -2.36. The highest BCUT2D eigenvalue weighted by Crippen LogP contribution is 2.47. The van der Waals surface area contributed by atoms with Gasteiger partial charge in [-0.05, 0) is 55.5 Å². The molecule has 0 saturated carbocycles. The fourth-order valence-corrected chi connectivity index (χ4v) is 5.23. The maximum absolute atomic E-state index is 13.7. The molecule has 37 heavy (non-hydrogen) atoms. The van der Waals surface area contributed by atoms with Gasteiger partial charge in [-0.3, -0.25) is 14.9 Å². The van der Waals surface area contributed by atoms with E-state index in [0.717, 1.165) is 5.56 Å². The van der Waals surface area contributed by atoms with Crippen LogP contribution in [0.4, 0.5) is 5.69 Å². The van der Waals surface area contributed by atoms with Gasteiger partial charge in [0.05, 0.1) is 31.3 Å². The predicted molar refractivity (Wildman–Crippen MR) is 137 cm³/mol. The smallest absolute Gasteiger partial charge is 0.336 e. The van der Waals surface area contributed by atoms with E-state index >= 15 is 0 Å². The first kappa shape index (κ1) is 26.2. The largest absolute Gasteiger partial charge is 0.493 e. The number of benzene rings is 2. The molecule has 0 bridgehead atoms. The number of nitro groups is 1. The van der Waals surface area contributed by atoms with Gasteiger partial charge in [0, 0.05) is 35.4 Å². The number of carbonyl (C=O) groups is 2. The van der Waals surface area contributed by atoms with Crippen LogP contribution in [0.3, 0.4) is 0 Å². The van der Waals surface area contributed by atoms with Gasteiger partial charge in [0.25, 0.3) is 5.69 Å². The second-order valence-electron chi connectivity index (χ2n) is 8.82. The Morgan fingerprint density at radius 1 is 1.11 bits per heavy atom. The van der Waals surface area contributed by atoms with Crippen molar-refractivity contribution in [3.05, 3.63) is 85.2 Å². The molecule has 1 N–H and O–H groups in total. The van der Waals surface area contributed by atoms with Crippen LogP contribution in [0.25, 0.3) is 0 Å². The topological polar surface area (TPSA) is 117 Å². The molecule has 1 heterocycles. The Bertz CT molecular complexity index is 1350. The third-order valence-electron chi connectivity index (χ3n) is 6.70. The molecular formula is C27H27ClN2O7. The van der Waals surface area contributed by atoms with Crippen LogP contribution in [0.2, 0.25) is 5.02 Å². The molecule has 4 rings (SSSR count). The minimum atomic E-state index is -0.829. The summed E-state index contributed by atoms with van der Waals surface area (Å²) in [7, 11) is 3.11. The molecule has 0 amide bonds. The Morgan fingerprint density at radius 2 is 1.81 bits per heavy atom. The van der Waals surface area contributed by atoms with E-state index in [-0.39, 0.29) is 41.0 Å². The van der Waals surface area contributed by atoms with Gasteiger partial charge < -0.3 is 19.5 Å². The lowest BCUT2D eigenvalue weighted by molar-refractivity contribution is -0.384. The van der Waals surface area contributed by atoms with E-state index < -0.39 is 16.8 Å². The molecule has 2 atom stereocenters. The number of halogens is 1. The number of allylic oxidation sites excluding steroid dienone is 3. The van der Waals surface area contributed by atoms with Gasteiger partial charge in [-0.15, -0.1) is 0 Å².